The zero-order chi connectivity index (χ0) is 26.0. The summed E-state index contributed by atoms with van der Waals surface area (Å²) in [5.74, 6) is -0.364. The van der Waals surface area contributed by atoms with E-state index in [-0.39, 0.29) is 10.4 Å². The highest BCUT2D eigenvalue weighted by Crippen LogP contribution is 2.47. The average molecular weight is 602 g/mol. The molecular weight excluding hydrogens is 577 g/mol. The van der Waals surface area contributed by atoms with Gasteiger partial charge in [-0.05, 0) is 59.9 Å². The molecule has 4 rings (SSSR count). The van der Waals surface area contributed by atoms with E-state index >= 15 is 0 Å². The third kappa shape index (κ3) is 5.76. The van der Waals surface area contributed by atoms with Gasteiger partial charge >= 0.3 is 12.1 Å². The smallest absolute Gasteiger partial charge is 0.436 e. The molecule has 36 heavy (non-hydrogen) atoms. The normalized spacial score (nSPS) is 13.5. The number of hydrogen-bond acceptors (Lipinski definition) is 5. The summed E-state index contributed by atoms with van der Waals surface area (Å²) in [5.41, 5.74) is 1.81. The highest BCUT2D eigenvalue weighted by atomic mass is 79.9. The lowest BCUT2D eigenvalue weighted by Gasteiger charge is -2.12. The SMILES string of the molecule is COC(=O)c1c(NC(=S)NCCCn2nc(C(F)(F)F)c(Br)c2C2CC2)sc(C)c1-c1ccccc1. The number of thiophene rings is 1. The van der Waals surface area contributed by atoms with E-state index < -0.39 is 17.8 Å². The number of thiocarbonyl (C=S) groups is 1. The number of nitrogens with zero attached hydrogens (tertiary/aromatic N) is 2. The van der Waals surface area contributed by atoms with Crippen molar-refractivity contribution in [1.82, 2.24) is 15.1 Å². The molecule has 1 fully saturated rings. The quantitative estimate of drug-likeness (QED) is 0.169. The molecule has 1 saturated carbocycles. The Morgan fingerprint density at radius 1 is 1.31 bits per heavy atom. The number of benzene rings is 1. The Labute approximate surface area is 224 Å². The number of esters is 1. The van der Waals surface area contributed by atoms with Crippen LogP contribution >= 0.6 is 39.5 Å². The van der Waals surface area contributed by atoms with E-state index in [1.807, 2.05) is 37.3 Å². The van der Waals surface area contributed by atoms with Crippen LogP contribution in [0.1, 0.15) is 51.8 Å². The number of ether oxygens (including phenoxy) is 1. The summed E-state index contributed by atoms with van der Waals surface area (Å²) in [6.45, 7) is 2.66. The molecule has 6 nitrogen and oxygen atoms in total. The Bertz CT molecular complexity index is 1270. The van der Waals surface area contributed by atoms with Crippen LogP contribution in [0.2, 0.25) is 0 Å². The number of nitrogens with one attached hydrogen (secondary N) is 2. The van der Waals surface area contributed by atoms with Crippen molar-refractivity contribution < 1.29 is 22.7 Å². The van der Waals surface area contributed by atoms with E-state index in [1.54, 1.807) is 0 Å². The van der Waals surface area contributed by atoms with Crippen molar-refractivity contribution in [3.05, 3.63) is 56.6 Å². The van der Waals surface area contributed by atoms with Crippen molar-refractivity contribution in [2.24, 2.45) is 0 Å². The lowest BCUT2D eigenvalue weighted by atomic mass is 10.0. The molecule has 1 aromatic carbocycles. The minimum absolute atomic E-state index is 0.0419. The van der Waals surface area contributed by atoms with Crippen LogP contribution in [0.25, 0.3) is 11.1 Å². The minimum atomic E-state index is -4.51. The summed E-state index contributed by atoms with van der Waals surface area (Å²) >= 11 is 9.93. The van der Waals surface area contributed by atoms with Gasteiger partial charge < -0.3 is 15.4 Å². The van der Waals surface area contributed by atoms with Crippen LogP contribution in [0.5, 0.6) is 0 Å². The van der Waals surface area contributed by atoms with Crippen molar-refractivity contribution in [2.75, 3.05) is 19.0 Å². The number of aryl methyl sites for hydroxylation is 2. The van der Waals surface area contributed by atoms with Gasteiger partial charge in [0, 0.05) is 29.4 Å². The first-order valence-electron chi connectivity index (χ1n) is 11.3. The maximum atomic E-state index is 13.3. The van der Waals surface area contributed by atoms with Crippen LogP contribution in [-0.2, 0) is 17.5 Å². The Morgan fingerprint density at radius 2 is 2.00 bits per heavy atom. The lowest BCUT2D eigenvalue weighted by Crippen LogP contribution is -2.30. The second kappa shape index (κ2) is 10.9. The largest absolute Gasteiger partial charge is 0.465 e. The number of methoxy groups -OCH3 is 1. The number of carbonyl (C=O) groups is 1. The van der Waals surface area contributed by atoms with E-state index in [0.717, 1.165) is 28.8 Å². The van der Waals surface area contributed by atoms with Gasteiger partial charge in [0.25, 0.3) is 0 Å². The van der Waals surface area contributed by atoms with E-state index in [4.69, 9.17) is 17.0 Å². The number of anilines is 1. The van der Waals surface area contributed by atoms with Gasteiger partial charge in [-0.15, -0.1) is 11.3 Å². The predicted octanol–water partition coefficient (Wildman–Crippen LogP) is 6.74. The Morgan fingerprint density at radius 3 is 2.61 bits per heavy atom. The Kier molecular flexibility index (Phi) is 8.06. The second-order valence-corrected chi connectivity index (χ2v) is 10.8. The van der Waals surface area contributed by atoms with Crippen molar-refractivity contribution in [3.63, 3.8) is 0 Å². The first-order valence-corrected chi connectivity index (χ1v) is 13.3. The maximum absolute atomic E-state index is 13.3. The van der Waals surface area contributed by atoms with Crippen LogP contribution in [0.4, 0.5) is 18.2 Å². The summed E-state index contributed by atoms with van der Waals surface area (Å²) in [7, 11) is 1.33. The highest BCUT2D eigenvalue weighted by Gasteiger charge is 2.41. The molecule has 0 spiro atoms. The molecule has 0 atom stereocenters. The van der Waals surface area contributed by atoms with Crippen LogP contribution in [-0.4, -0.2) is 34.5 Å². The molecule has 2 heterocycles. The predicted molar refractivity (Wildman–Crippen MR) is 142 cm³/mol. The van der Waals surface area contributed by atoms with Crippen molar-refractivity contribution in [3.8, 4) is 11.1 Å². The topological polar surface area (TPSA) is 68.2 Å². The van der Waals surface area contributed by atoms with Crippen molar-refractivity contribution in [2.45, 2.75) is 44.8 Å². The summed E-state index contributed by atoms with van der Waals surface area (Å²) in [4.78, 5) is 13.6. The zero-order valence-corrected chi connectivity index (χ0v) is 22.8. The van der Waals surface area contributed by atoms with E-state index in [2.05, 4.69) is 31.7 Å². The van der Waals surface area contributed by atoms with Crippen molar-refractivity contribution >= 4 is 55.6 Å². The Hall–Kier alpha value is -2.44. The summed E-state index contributed by atoms with van der Waals surface area (Å²) < 4.78 is 46.4. The van der Waals surface area contributed by atoms with E-state index in [9.17, 15) is 18.0 Å². The molecular formula is C24H24BrF3N4O2S2. The molecule has 0 radical (unpaired) electrons. The molecule has 2 aromatic heterocycles. The van der Waals surface area contributed by atoms with E-state index in [1.165, 1.54) is 23.1 Å². The minimum Gasteiger partial charge on any atom is -0.465 e. The molecule has 0 bridgehead atoms. The molecule has 1 aliphatic rings. The molecule has 2 N–H and O–H groups in total. The molecule has 0 saturated heterocycles. The zero-order valence-electron chi connectivity index (χ0n) is 19.5. The van der Waals surface area contributed by atoms with Gasteiger partial charge in [0.1, 0.15) is 10.6 Å². The summed E-state index contributed by atoms with van der Waals surface area (Å²) in [5, 5.41) is 10.9. The first kappa shape index (κ1) is 26.6. The maximum Gasteiger partial charge on any atom is 0.436 e. The number of halogens is 4. The average Bonchev–Trinajstić information content (AvgIpc) is 3.53. The van der Waals surface area contributed by atoms with Gasteiger partial charge in [-0.2, -0.15) is 18.3 Å². The second-order valence-electron chi connectivity index (χ2n) is 8.37. The van der Waals surface area contributed by atoms with Gasteiger partial charge in [0.05, 0.1) is 17.3 Å². The number of alkyl halides is 3. The monoisotopic (exact) mass is 600 g/mol. The third-order valence-corrected chi connectivity index (χ3v) is 7.81. The third-order valence-electron chi connectivity index (χ3n) is 5.76. The molecule has 1 aliphatic carbocycles. The molecule has 192 valence electrons. The van der Waals surface area contributed by atoms with Crippen molar-refractivity contribution in [1.29, 1.82) is 0 Å². The van der Waals surface area contributed by atoms with Crippen LogP contribution in [0.3, 0.4) is 0 Å². The molecule has 0 amide bonds. The van der Waals surface area contributed by atoms with Gasteiger partial charge in [-0.25, -0.2) is 4.79 Å². The lowest BCUT2D eigenvalue weighted by molar-refractivity contribution is -0.142. The summed E-state index contributed by atoms with van der Waals surface area (Å²) in [6.07, 6.45) is -2.27. The highest BCUT2D eigenvalue weighted by molar-refractivity contribution is 9.10. The number of hydrogen-bond donors (Lipinski definition) is 2. The van der Waals surface area contributed by atoms with Crippen LogP contribution in [0, 0.1) is 6.92 Å². The van der Waals surface area contributed by atoms with Crippen LogP contribution in [0.15, 0.2) is 34.8 Å². The molecule has 0 aliphatic heterocycles. The number of aromatic nitrogens is 2. The number of carbonyl (C=O) groups excluding carboxylic acids is 1. The fraction of sp³-hybridized carbons (Fsp3) is 0.375. The van der Waals surface area contributed by atoms with Crippen LogP contribution < -0.4 is 10.6 Å². The number of rotatable bonds is 8. The molecule has 0 unspecified atom stereocenters. The van der Waals surface area contributed by atoms with Gasteiger partial charge in [-0.3, -0.25) is 4.68 Å². The first-order chi connectivity index (χ1) is 17.1. The van der Waals surface area contributed by atoms with Gasteiger partial charge in [0.2, 0.25) is 0 Å². The fourth-order valence-corrected chi connectivity index (χ4v) is 6.18. The summed E-state index contributed by atoms with van der Waals surface area (Å²) in [6, 6.07) is 9.56. The van der Waals surface area contributed by atoms with E-state index in [0.29, 0.717) is 40.9 Å². The fourth-order valence-electron chi connectivity index (χ4n) is 4.01. The van der Waals surface area contributed by atoms with Gasteiger partial charge in [0.15, 0.2) is 10.8 Å². The Balaban J connectivity index is 1.41. The molecule has 3 aromatic rings. The standard InChI is InChI=1S/C24H24BrF3N4O2S2/c1-13-16(14-7-4-3-5-8-14)17(22(33)34-2)21(36-13)30-23(35)29-11-6-12-32-19(15-9-10-15)18(25)20(31-32)24(26,27)28/h3-5,7-8,15H,6,9-12H2,1-2H3,(H2,29,30,35). The van der Waals surface area contributed by atoms with Gasteiger partial charge in [-0.1, -0.05) is 30.3 Å². The molecule has 12 heteroatoms.